The van der Waals surface area contributed by atoms with Crippen molar-refractivity contribution in [3.05, 3.63) is 12.2 Å². The van der Waals surface area contributed by atoms with Gasteiger partial charge in [0.2, 0.25) is 0 Å². The van der Waals surface area contributed by atoms with Gasteiger partial charge in [-0.1, -0.05) is 129 Å². The van der Waals surface area contributed by atoms with Gasteiger partial charge < -0.3 is 28.5 Å². The van der Waals surface area contributed by atoms with Crippen LogP contribution in [0.2, 0.25) is 0 Å². The fraction of sp³-hybridized carbons (Fsp3) is 0.872. The quantitative estimate of drug-likeness (QED) is 0.0232. The molecule has 9 heteroatoms. The van der Waals surface area contributed by atoms with Gasteiger partial charge in [0.15, 0.2) is 6.10 Å². The first-order valence-corrected chi connectivity index (χ1v) is 19.4. The second-order valence-electron chi connectivity index (χ2n) is 14.2. The van der Waals surface area contributed by atoms with Gasteiger partial charge in [-0.2, -0.15) is 0 Å². The van der Waals surface area contributed by atoms with Crippen LogP contribution in [0.1, 0.15) is 162 Å². The first-order valence-electron chi connectivity index (χ1n) is 19.4. The number of carbonyl (C=O) groups is 3. The number of hydrogen-bond acceptors (Lipinski definition) is 7. The highest BCUT2D eigenvalue weighted by molar-refractivity contribution is 5.71. The average Bonchev–Trinajstić information content (AvgIpc) is 3.03. The van der Waals surface area contributed by atoms with E-state index in [4.69, 9.17) is 18.9 Å². The first kappa shape index (κ1) is 46.0. The molecule has 0 saturated carbocycles. The number of esters is 2. The highest BCUT2D eigenvalue weighted by Crippen LogP contribution is 2.14. The van der Waals surface area contributed by atoms with Gasteiger partial charge >= 0.3 is 17.9 Å². The number of ether oxygens (including phenoxy) is 4. The van der Waals surface area contributed by atoms with E-state index in [-0.39, 0.29) is 32.2 Å². The van der Waals surface area contributed by atoms with Gasteiger partial charge in [-0.25, -0.2) is 4.79 Å². The fourth-order valence-electron chi connectivity index (χ4n) is 5.19. The van der Waals surface area contributed by atoms with Crippen LogP contribution in [0.4, 0.5) is 0 Å². The summed E-state index contributed by atoms with van der Waals surface area (Å²) in [5.41, 5.74) is 0. The molecular formula is C39H74NO8+. The SMILES string of the molecule is CCC/C=C\CCCCCCCC(=O)OC(COC(=O)CCCCCCCCCCCCCCC)COC(OCC[N+](C)(C)C)C(=O)O. The lowest BCUT2D eigenvalue weighted by Crippen LogP contribution is -2.40. The minimum absolute atomic E-state index is 0.181. The molecule has 0 aliphatic rings. The molecule has 0 rings (SSSR count). The van der Waals surface area contributed by atoms with Crippen LogP contribution in [0.5, 0.6) is 0 Å². The Bertz CT molecular complexity index is 810. The third-order valence-electron chi connectivity index (χ3n) is 8.25. The maximum Gasteiger partial charge on any atom is 0.361 e. The zero-order valence-corrected chi connectivity index (χ0v) is 31.7. The molecule has 0 fully saturated rings. The summed E-state index contributed by atoms with van der Waals surface area (Å²) in [4.78, 5) is 36.8. The second-order valence-corrected chi connectivity index (χ2v) is 14.2. The molecule has 0 aromatic carbocycles. The van der Waals surface area contributed by atoms with Gasteiger partial charge in [0.1, 0.15) is 13.2 Å². The zero-order valence-electron chi connectivity index (χ0n) is 31.7. The van der Waals surface area contributed by atoms with Gasteiger partial charge in [-0.05, 0) is 32.1 Å². The van der Waals surface area contributed by atoms with Gasteiger partial charge in [-0.15, -0.1) is 0 Å². The van der Waals surface area contributed by atoms with Crippen molar-refractivity contribution in [3.8, 4) is 0 Å². The number of aliphatic carboxylic acids is 1. The molecule has 2 unspecified atom stereocenters. The molecule has 0 aromatic rings. The Balaban J connectivity index is 4.51. The minimum Gasteiger partial charge on any atom is -0.477 e. The predicted molar refractivity (Wildman–Crippen MR) is 194 cm³/mol. The van der Waals surface area contributed by atoms with Crippen LogP contribution in [0.25, 0.3) is 0 Å². The lowest BCUT2D eigenvalue weighted by atomic mass is 10.0. The molecule has 0 bridgehead atoms. The van der Waals surface area contributed by atoms with Crippen LogP contribution < -0.4 is 0 Å². The number of nitrogens with zero attached hydrogens (tertiary/aromatic N) is 1. The van der Waals surface area contributed by atoms with Crippen molar-refractivity contribution in [3.63, 3.8) is 0 Å². The molecule has 0 aliphatic heterocycles. The molecule has 0 spiro atoms. The Kier molecular flexibility index (Phi) is 30.9. The highest BCUT2D eigenvalue weighted by atomic mass is 16.7. The largest absolute Gasteiger partial charge is 0.477 e. The fourth-order valence-corrected chi connectivity index (χ4v) is 5.19. The van der Waals surface area contributed by atoms with Crippen LogP contribution in [-0.2, 0) is 33.3 Å². The summed E-state index contributed by atoms with van der Waals surface area (Å²) >= 11 is 0. The molecule has 0 aromatic heterocycles. The molecular weight excluding hydrogens is 610 g/mol. The van der Waals surface area contributed by atoms with Crippen molar-refractivity contribution >= 4 is 17.9 Å². The number of unbranched alkanes of at least 4 members (excludes halogenated alkanes) is 18. The number of likely N-dealkylation sites (N-methyl/N-ethyl adjacent to an activating group) is 1. The summed E-state index contributed by atoms with van der Waals surface area (Å²) in [5.74, 6) is -2.02. The lowest BCUT2D eigenvalue weighted by Gasteiger charge is -2.25. The number of hydrogen-bond donors (Lipinski definition) is 1. The maximum absolute atomic E-state index is 12.6. The molecule has 2 atom stereocenters. The summed E-state index contributed by atoms with van der Waals surface area (Å²) in [6.45, 7) is 4.78. The number of carboxylic acid groups (broad SMARTS) is 1. The third-order valence-corrected chi connectivity index (χ3v) is 8.25. The molecule has 0 heterocycles. The van der Waals surface area contributed by atoms with E-state index in [9.17, 15) is 19.5 Å². The smallest absolute Gasteiger partial charge is 0.361 e. The molecule has 0 aliphatic carbocycles. The van der Waals surface area contributed by atoms with E-state index >= 15 is 0 Å². The molecule has 0 amide bonds. The zero-order chi connectivity index (χ0) is 35.7. The predicted octanol–water partition coefficient (Wildman–Crippen LogP) is 9.16. The van der Waals surface area contributed by atoms with E-state index in [1.807, 2.05) is 21.1 Å². The molecule has 0 radical (unpaired) electrons. The van der Waals surface area contributed by atoms with E-state index in [0.29, 0.717) is 23.9 Å². The number of carbonyl (C=O) groups excluding carboxylic acids is 2. The Morgan fingerprint density at radius 3 is 1.62 bits per heavy atom. The van der Waals surface area contributed by atoms with Crippen molar-refractivity contribution in [1.29, 1.82) is 0 Å². The van der Waals surface area contributed by atoms with E-state index in [2.05, 4.69) is 26.0 Å². The average molecular weight is 685 g/mol. The first-order chi connectivity index (χ1) is 23.1. The normalized spacial score (nSPS) is 13.1. The molecule has 282 valence electrons. The van der Waals surface area contributed by atoms with E-state index in [1.54, 1.807) is 0 Å². The molecule has 1 N–H and O–H groups in total. The maximum atomic E-state index is 12.6. The summed E-state index contributed by atoms with van der Waals surface area (Å²) in [6.07, 6.45) is 27.0. The number of quaternary nitrogens is 1. The summed E-state index contributed by atoms with van der Waals surface area (Å²) in [5, 5.41) is 9.57. The van der Waals surface area contributed by atoms with Crippen LogP contribution in [0.3, 0.4) is 0 Å². The van der Waals surface area contributed by atoms with E-state index in [1.165, 1.54) is 70.6 Å². The van der Waals surface area contributed by atoms with Crippen molar-refractivity contribution in [2.45, 2.75) is 174 Å². The summed E-state index contributed by atoms with van der Waals surface area (Å²) in [6, 6.07) is 0. The Morgan fingerprint density at radius 1 is 0.604 bits per heavy atom. The van der Waals surface area contributed by atoms with E-state index in [0.717, 1.165) is 57.8 Å². The highest BCUT2D eigenvalue weighted by Gasteiger charge is 2.25. The monoisotopic (exact) mass is 685 g/mol. The van der Waals surface area contributed by atoms with Gasteiger partial charge in [0.05, 0.1) is 34.4 Å². The van der Waals surface area contributed by atoms with Gasteiger partial charge in [-0.3, -0.25) is 9.59 Å². The third kappa shape index (κ3) is 32.6. The van der Waals surface area contributed by atoms with E-state index < -0.39 is 24.3 Å². The molecule has 9 nitrogen and oxygen atoms in total. The minimum atomic E-state index is -1.50. The van der Waals surface area contributed by atoms with Crippen molar-refractivity contribution in [2.24, 2.45) is 0 Å². The molecule has 48 heavy (non-hydrogen) atoms. The number of rotatable bonds is 35. The van der Waals surface area contributed by atoms with Gasteiger partial charge in [0.25, 0.3) is 6.29 Å². The van der Waals surface area contributed by atoms with Crippen molar-refractivity contribution in [2.75, 3.05) is 47.5 Å². The van der Waals surface area contributed by atoms with Crippen molar-refractivity contribution in [1.82, 2.24) is 0 Å². The number of carboxylic acids is 1. The van der Waals surface area contributed by atoms with Crippen LogP contribution >= 0.6 is 0 Å². The van der Waals surface area contributed by atoms with Gasteiger partial charge in [0, 0.05) is 12.8 Å². The number of allylic oxidation sites excluding steroid dienone is 2. The van der Waals surface area contributed by atoms with Crippen LogP contribution in [0, 0.1) is 0 Å². The lowest BCUT2D eigenvalue weighted by molar-refractivity contribution is -0.870. The standard InChI is InChI=1S/C39H73NO8/c1-6-8-10-12-14-16-18-19-20-22-23-25-27-29-36(41)46-33-35(34-47-39(38(43)44)45-32-31-40(3,4)5)48-37(42)30-28-26-24-21-17-15-13-11-9-7-2/h11,13,35,39H,6-10,12,14-34H2,1-5H3/p+1/b13-11-. The Hall–Kier alpha value is -1.97. The second kappa shape index (κ2) is 32.2. The van der Waals surface area contributed by atoms with Crippen molar-refractivity contribution < 1.29 is 42.9 Å². The summed E-state index contributed by atoms with van der Waals surface area (Å²) in [7, 11) is 5.94. The molecule has 0 saturated heterocycles. The topological polar surface area (TPSA) is 108 Å². The van der Waals surface area contributed by atoms with Crippen LogP contribution in [-0.4, -0.2) is 87.4 Å². The Morgan fingerprint density at radius 2 is 1.10 bits per heavy atom. The van der Waals surface area contributed by atoms with Crippen LogP contribution in [0.15, 0.2) is 12.2 Å². The summed E-state index contributed by atoms with van der Waals surface area (Å²) < 4.78 is 22.6. The Labute approximate surface area is 294 Å².